The maximum absolute atomic E-state index is 12.6. The third kappa shape index (κ3) is 4.29. The van der Waals surface area contributed by atoms with Gasteiger partial charge < -0.3 is 4.74 Å². The Morgan fingerprint density at radius 1 is 0.923 bits per heavy atom. The first-order valence-corrected chi connectivity index (χ1v) is 9.42. The predicted octanol–water partition coefficient (Wildman–Crippen LogP) is 4.06. The van der Waals surface area contributed by atoms with Gasteiger partial charge in [-0.2, -0.15) is 0 Å². The molecule has 0 atom stereocenters. The Kier molecular flexibility index (Phi) is 5.34. The molecule has 0 bridgehead atoms. The summed E-state index contributed by atoms with van der Waals surface area (Å²) in [4.78, 5) is 4.39. The molecule has 0 saturated carbocycles. The number of hydrogen-bond acceptors (Lipinski definition) is 4. The molecule has 132 valence electrons. The molecule has 5 nitrogen and oxygen atoms in total. The monoisotopic (exact) mass is 366 g/mol. The predicted molar refractivity (Wildman–Crippen MR) is 103 cm³/mol. The zero-order chi connectivity index (χ0) is 18.4. The van der Waals surface area contributed by atoms with Gasteiger partial charge in [0.1, 0.15) is 5.75 Å². The van der Waals surface area contributed by atoms with Crippen molar-refractivity contribution in [2.75, 3.05) is 11.8 Å². The van der Waals surface area contributed by atoms with Crippen molar-refractivity contribution in [2.45, 2.75) is 4.90 Å². The van der Waals surface area contributed by atoms with Gasteiger partial charge in [-0.05, 0) is 54.1 Å². The van der Waals surface area contributed by atoms with Crippen LogP contribution in [0, 0.1) is 0 Å². The minimum atomic E-state index is -3.70. The Labute approximate surface area is 153 Å². The largest absolute Gasteiger partial charge is 0.497 e. The number of pyridine rings is 1. The first-order valence-electron chi connectivity index (χ1n) is 7.93. The molecule has 0 aliphatic carbocycles. The van der Waals surface area contributed by atoms with Crippen LogP contribution in [-0.2, 0) is 10.0 Å². The van der Waals surface area contributed by atoms with E-state index in [1.54, 1.807) is 30.5 Å². The number of ether oxygens (including phenoxy) is 1. The standard InChI is InChI=1S/C20H18N2O3S/c1-25-18-11-13-19(14-12-18)26(23,24)22-20-8-3-2-6-16(20)9-10-17-7-4-5-15-21-17/h2-15,22H,1H3. The number of methoxy groups -OCH3 is 1. The average molecular weight is 366 g/mol. The summed E-state index contributed by atoms with van der Waals surface area (Å²) in [5.74, 6) is 0.600. The van der Waals surface area contributed by atoms with Crippen LogP contribution in [0.1, 0.15) is 11.3 Å². The molecule has 0 aliphatic heterocycles. The molecule has 0 fully saturated rings. The maximum atomic E-state index is 12.6. The Morgan fingerprint density at radius 2 is 1.65 bits per heavy atom. The number of nitrogens with zero attached hydrogens (tertiary/aromatic N) is 1. The fraction of sp³-hybridized carbons (Fsp3) is 0.0500. The summed E-state index contributed by atoms with van der Waals surface area (Å²) >= 11 is 0. The van der Waals surface area contributed by atoms with Gasteiger partial charge in [0.15, 0.2) is 0 Å². The Bertz CT molecular complexity index is 999. The SMILES string of the molecule is COc1ccc(S(=O)(=O)Nc2ccccc2C=Cc2ccccn2)cc1. The number of nitrogens with one attached hydrogen (secondary N) is 1. The Balaban J connectivity index is 1.86. The minimum Gasteiger partial charge on any atom is -0.497 e. The third-order valence-electron chi connectivity index (χ3n) is 3.70. The molecule has 0 aliphatic rings. The molecule has 0 spiro atoms. The quantitative estimate of drug-likeness (QED) is 0.714. The number of anilines is 1. The van der Waals surface area contributed by atoms with E-state index in [0.717, 1.165) is 11.3 Å². The summed E-state index contributed by atoms with van der Waals surface area (Å²) in [6.45, 7) is 0. The first-order chi connectivity index (χ1) is 12.6. The van der Waals surface area contributed by atoms with Crippen LogP contribution in [0.3, 0.4) is 0 Å². The molecule has 3 aromatic rings. The van der Waals surface area contributed by atoms with Gasteiger partial charge in [0, 0.05) is 6.20 Å². The van der Waals surface area contributed by atoms with Crippen LogP contribution in [-0.4, -0.2) is 20.5 Å². The van der Waals surface area contributed by atoms with Gasteiger partial charge in [-0.15, -0.1) is 0 Å². The van der Waals surface area contributed by atoms with Crippen molar-refractivity contribution in [2.24, 2.45) is 0 Å². The van der Waals surface area contributed by atoms with Crippen molar-refractivity contribution in [3.05, 3.63) is 84.2 Å². The van der Waals surface area contributed by atoms with Crippen molar-refractivity contribution in [3.8, 4) is 5.75 Å². The molecule has 3 rings (SSSR count). The lowest BCUT2D eigenvalue weighted by atomic mass is 10.1. The zero-order valence-electron chi connectivity index (χ0n) is 14.2. The van der Waals surface area contributed by atoms with Crippen LogP contribution in [0.25, 0.3) is 12.2 Å². The van der Waals surface area contributed by atoms with Crippen molar-refractivity contribution in [1.29, 1.82) is 0 Å². The third-order valence-corrected chi connectivity index (χ3v) is 5.08. The highest BCUT2D eigenvalue weighted by atomic mass is 32.2. The molecule has 2 aromatic carbocycles. The first kappa shape index (κ1) is 17.7. The molecule has 0 unspecified atom stereocenters. The van der Waals surface area contributed by atoms with Crippen LogP contribution < -0.4 is 9.46 Å². The van der Waals surface area contributed by atoms with Gasteiger partial charge in [-0.1, -0.05) is 30.3 Å². The van der Waals surface area contributed by atoms with Gasteiger partial charge in [-0.3, -0.25) is 9.71 Å². The van der Waals surface area contributed by atoms with Gasteiger partial charge in [0.05, 0.1) is 23.4 Å². The fourth-order valence-electron chi connectivity index (χ4n) is 2.34. The van der Waals surface area contributed by atoms with Crippen LogP contribution >= 0.6 is 0 Å². The van der Waals surface area contributed by atoms with E-state index in [4.69, 9.17) is 4.74 Å². The van der Waals surface area contributed by atoms with Gasteiger partial charge in [0.25, 0.3) is 10.0 Å². The van der Waals surface area contributed by atoms with E-state index in [-0.39, 0.29) is 4.90 Å². The number of para-hydroxylation sites is 1. The number of aromatic nitrogens is 1. The van der Waals surface area contributed by atoms with E-state index < -0.39 is 10.0 Å². The second-order valence-corrected chi connectivity index (χ2v) is 7.14. The normalized spacial score (nSPS) is 11.4. The van der Waals surface area contributed by atoms with Crippen molar-refractivity contribution >= 4 is 27.9 Å². The summed E-state index contributed by atoms with van der Waals surface area (Å²) < 4.78 is 33.0. The molecular weight excluding hydrogens is 348 g/mol. The highest BCUT2D eigenvalue weighted by Gasteiger charge is 2.15. The molecule has 1 N–H and O–H groups in total. The maximum Gasteiger partial charge on any atom is 0.261 e. The fourth-order valence-corrected chi connectivity index (χ4v) is 3.43. The molecule has 26 heavy (non-hydrogen) atoms. The Hall–Kier alpha value is -3.12. The second-order valence-electron chi connectivity index (χ2n) is 5.46. The van der Waals surface area contributed by atoms with Crippen LogP contribution in [0.4, 0.5) is 5.69 Å². The lowest BCUT2D eigenvalue weighted by molar-refractivity contribution is 0.414. The van der Waals surface area contributed by atoms with E-state index in [0.29, 0.717) is 11.4 Å². The van der Waals surface area contributed by atoms with E-state index in [9.17, 15) is 8.42 Å². The highest BCUT2D eigenvalue weighted by Crippen LogP contribution is 2.23. The van der Waals surface area contributed by atoms with E-state index in [1.165, 1.54) is 19.2 Å². The number of hydrogen-bond donors (Lipinski definition) is 1. The summed E-state index contributed by atoms with van der Waals surface area (Å²) in [6, 6.07) is 19.0. The van der Waals surface area contributed by atoms with Gasteiger partial charge >= 0.3 is 0 Å². The number of benzene rings is 2. The molecule has 0 radical (unpaired) electrons. The topological polar surface area (TPSA) is 68.3 Å². The van der Waals surface area contributed by atoms with Crippen LogP contribution in [0.2, 0.25) is 0 Å². The molecule has 1 aromatic heterocycles. The lowest BCUT2D eigenvalue weighted by Gasteiger charge is -2.11. The van der Waals surface area contributed by atoms with Crippen molar-refractivity contribution < 1.29 is 13.2 Å². The van der Waals surface area contributed by atoms with Gasteiger partial charge in [-0.25, -0.2) is 8.42 Å². The van der Waals surface area contributed by atoms with Crippen LogP contribution in [0.15, 0.2) is 77.8 Å². The highest BCUT2D eigenvalue weighted by molar-refractivity contribution is 7.92. The van der Waals surface area contributed by atoms with E-state index in [1.807, 2.05) is 42.5 Å². The summed E-state index contributed by atoms with van der Waals surface area (Å²) in [5, 5.41) is 0. The number of sulfonamides is 1. The van der Waals surface area contributed by atoms with E-state index >= 15 is 0 Å². The lowest BCUT2D eigenvalue weighted by Crippen LogP contribution is -2.13. The van der Waals surface area contributed by atoms with Crippen molar-refractivity contribution in [3.63, 3.8) is 0 Å². The molecule has 0 saturated heterocycles. The molecule has 1 heterocycles. The molecular formula is C20H18N2O3S. The van der Waals surface area contributed by atoms with Crippen molar-refractivity contribution in [1.82, 2.24) is 4.98 Å². The molecule has 0 amide bonds. The zero-order valence-corrected chi connectivity index (χ0v) is 15.0. The van der Waals surface area contributed by atoms with Crippen LogP contribution in [0.5, 0.6) is 5.75 Å². The summed E-state index contributed by atoms with van der Waals surface area (Å²) in [7, 11) is -2.17. The molecule has 6 heteroatoms. The summed E-state index contributed by atoms with van der Waals surface area (Å²) in [5.41, 5.74) is 2.03. The average Bonchev–Trinajstić information content (AvgIpc) is 2.68. The summed E-state index contributed by atoms with van der Waals surface area (Å²) in [6.07, 6.45) is 5.37. The van der Waals surface area contributed by atoms with E-state index in [2.05, 4.69) is 9.71 Å². The number of rotatable bonds is 6. The smallest absolute Gasteiger partial charge is 0.261 e. The Morgan fingerprint density at radius 3 is 2.35 bits per heavy atom. The van der Waals surface area contributed by atoms with Gasteiger partial charge in [0.2, 0.25) is 0 Å². The minimum absolute atomic E-state index is 0.168. The second kappa shape index (κ2) is 7.84.